The third-order valence-electron chi connectivity index (χ3n) is 3.53. The van der Waals surface area contributed by atoms with Crippen molar-refractivity contribution in [2.75, 3.05) is 6.54 Å². The number of hydrogen-bond donors (Lipinski definition) is 2. The molecular formula is C17H21NO2S. The van der Waals surface area contributed by atoms with Crippen LogP contribution in [0.15, 0.2) is 30.3 Å². The lowest BCUT2D eigenvalue weighted by Gasteiger charge is -2.04. The Hall–Kier alpha value is -1.65. The second-order valence-electron chi connectivity index (χ2n) is 5.03. The number of hydrogen-bond acceptors (Lipinski definition) is 3. The maximum Gasteiger partial charge on any atom is 0.261 e. The van der Waals surface area contributed by atoms with Gasteiger partial charge in [0.05, 0.1) is 11.5 Å². The van der Waals surface area contributed by atoms with E-state index in [9.17, 15) is 4.79 Å². The Morgan fingerprint density at radius 3 is 2.48 bits per heavy atom. The first-order chi connectivity index (χ1) is 10.1. The molecule has 0 atom stereocenters. The predicted molar refractivity (Wildman–Crippen MR) is 86.8 cm³/mol. The van der Waals surface area contributed by atoms with Crippen LogP contribution in [0.1, 0.15) is 38.2 Å². The van der Waals surface area contributed by atoms with Crippen molar-refractivity contribution < 1.29 is 9.90 Å². The van der Waals surface area contributed by atoms with Crippen LogP contribution in [0.25, 0.3) is 0 Å². The van der Waals surface area contributed by atoms with Gasteiger partial charge in [-0.1, -0.05) is 31.2 Å². The zero-order valence-electron chi connectivity index (χ0n) is 12.5. The highest BCUT2D eigenvalue weighted by Gasteiger charge is 2.10. The van der Waals surface area contributed by atoms with Gasteiger partial charge in [-0.05, 0) is 42.5 Å². The standard InChI is InChI=1S/C17H21NO2S/c1-3-15-10-16(21-12(15)2)17(20)18-9-8-13-4-6-14(11-19)7-5-13/h4-7,10,19H,3,8-9,11H2,1-2H3,(H,18,20). The van der Waals surface area contributed by atoms with E-state index in [0.717, 1.165) is 28.8 Å². The molecule has 0 fully saturated rings. The zero-order valence-corrected chi connectivity index (χ0v) is 13.3. The van der Waals surface area contributed by atoms with E-state index in [4.69, 9.17) is 5.11 Å². The van der Waals surface area contributed by atoms with Crippen LogP contribution >= 0.6 is 11.3 Å². The SMILES string of the molecule is CCc1cc(C(=O)NCCc2ccc(CO)cc2)sc1C. The van der Waals surface area contributed by atoms with Crippen LogP contribution in [0, 0.1) is 6.92 Å². The molecular weight excluding hydrogens is 282 g/mol. The third kappa shape index (κ3) is 4.16. The topological polar surface area (TPSA) is 49.3 Å². The summed E-state index contributed by atoms with van der Waals surface area (Å²) in [6.07, 6.45) is 1.76. The summed E-state index contributed by atoms with van der Waals surface area (Å²) in [5.74, 6) is 0.00905. The molecule has 2 N–H and O–H groups in total. The molecule has 0 radical (unpaired) electrons. The van der Waals surface area contributed by atoms with E-state index in [2.05, 4.69) is 19.2 Å². The first kappa shape index (κ1) is 15.7. The van der Waals surface area contributed by atoms with Gasteiger partial charge in [0.1, 0.15) is 0 Å². The highest BCUT2D eigenvalue weighted by Crippen LogP contribution is 2.21. The molecule has 3 nitrogen and oxygen atoms in total. The fraction of sp³-hybridized carbons (Fsp3) is 0.353. The number of carbonyl (C=O) groups is 1. The maximum absolute atomic E-state index is 12.1. The summed E-state index contributed by atoms with van der Waals surface area (Å²) < 4.78 is 0. The van der Waals surface area contributed by atoms with E-state index in [-0.39, 0.29) is 12.5 Å². The Morgan fingerprint density at radius 1 is 1.24 bits per heavy atom. The second-order valence-corrected chi connectivity index (χ2v) is 6.28. The van der Waals surface area contributed by atoms with Crippen LogP contribution in [-0.2, 0) is 19.4 Å². The van der Waals surface area contributed by atoms with Gasteiger partial charge in [0.2, 0.25) is 0 Å². The summed E-state index contributed by atoms with van der Waals surface area (Å²) >= 11 is 1.56. The molecule has 2 rings (SSSR count). The van der Waals surface area contributed by atoms with Gasteiger partial charge >= 0.3 is 0 Å². The normalized spacial score (nSPS) is 10.6. The molecule has 112 valence electrons. The molecule has 0 spiro atoms. The van der Waals surface area contributed by atoms with Crippen molar-refractivity contribution in [1.29, 1.82) is 0 Å². The van der Waals surface area contributed by atoms with Crippen molar-refractivity contribution in [3.05, 3.63) is 56.8 Å². The lowest BCUT2D eigenvalue weighted by Crippen LogP contribution is -2.24. The highest BCUT2D eigenvalue weighted by atomic mass is 32.1. The predicted octanol–water partition coefficient (Wildman–Crippen LogP) is 3.08. The lowest BCUT2D eigenvalue weighted by atomic mass is 10.1. The number of carbonyl (C=O) groups excluding carboxylic acids is 1. The van der Waals surface area contributed by atoms with Crippen LogP contribution in [0.4, 0.5) is 0 Å². The molecule has 1 aromatic carbocycles. The van der Waals surface area contributed by atoms with Gasteiger partial charge in [-0.25, -0.2) is 0 Å². The van der Waals surface area contributed by atoms with Crippen molar-refractivity contribution in [2.24, 2.45) is 0 Å². The van der Waals surface area contributed by atoms with E-state index >= 15 is 0 Å². The van der Waals surface area contributed by atoms with Crippen molar-refractivity contribution in [1.82, 2.24) is 5.32 Å². The molecule has 0 saturated heterocycles. The maximum atomic E-state index is 12.1. The summed E-state index contributed by atoms with van der Waals surface area (Å²) in [5.41, 5.74) is 3.32. The summed E-state index contributed by atoms with van der Waals surface area (Å²) in [6, 6.07) is 9.79. The summed E-state index contributed by atoms with van der Waals surface area (Å²) in [7, 11) is 0. The molecule has 0 bridgehead atoms. The van der Waals surface area contributed by atoms with Crippen LogP contribution in [0.5, 0.6) is 0 Å². The van der Waals surface area contributed by atoms with E-state index in [1.807, 2.05) is 30.3 Å². The minimum Gasteiger partial charge on any atom is -0.392 e. The second kappa shape index (κ2) is 7.38. The van der Waals surface area contributed by atoms with Gasteiger partial charge in [0.15, 0.2) is 0 Å². The number of benzene rings is 1. The molecule has 21 heavy (non-hydrogen) atoms. The van der Waals surface area contributed by atoms with Crippen molar-refractivity contribution in [3.63, 3.8) is 0 Å². The molecule has 1 aromatic heterocycles. The smallest absolute Gasteiger partial charge is 0.261 e. The van der Waals surface area contributed by atoms with Gasteiger partial charge in [-0.2, -0.15) is 0 Å². The Morgan fingerprint density at radius 2 is 1.90 bits per heavy atom. The zero-order chi connectivity index (χ0) is 15.2. The van der Waals surface area contributed by atoms with E-state index in [1.165, 1.54) is 10.4 Å². The monoisotopic (exact) mass is 303 g/mol. The van der Waals surface area contributed by atoms with Crippen LogP contribution < -0.4 is 5.32 Å². The first-order valence-corrected chi connectivity index (χ1v) is 8.02. The number of amides is 1. The number of nitrogens with one attached hydrogen (secondary N) is 1. The fourth-order valence-electron chi connectivity index (χ4n) is 2.20. The summed E-state index contributed by atoms with van der Waals surface area (Å²) in [6.45, 7) is 4.85. The van der Waals surface area contributed by atoms with E-state index in [1.54, 1.807) is 11.3 Å². The van der Waals surface area contributed by atoms with Crippen LogP contribution in [0.2, 0.25) is 0 Å². The number of aliphatic hydroxyl groups excluding tert-OH is 1. The van der Waals surface area contributed by atoms with Crippen molar-refractivity contribution >= 4 is 17.2 Å². The average Bonchev–Trinajstić information content (AvgIpc) is 2.89. The summed E-state index contributed by atoms with van der Waals surface area (Å²) in [4.78, 5) is 14.1. The Labute approximate surface area is 129 Å². The van der Waals surface area contributed by atoms with E-state index in [0.29, 0.717) is 6.54 Å². The summed E-state index contributed by atoms with van der Waals surface area (Å²) in [5, 5.41) is 12.0. The van der Waals surface area contributed by atoms with Gasteiger partial charge < -0.3 is 10.4 Å². The quantitative estimate of drug-likeness (QED) is 0.861. The van der Waals surface area contributed by atoms with Gasteiger partial charge in [-0.15, -0.1) is 11.3 Å². The largest absolute Gasteiger partial charge is 0.392 e. The Kier molecular flexibility index (Phi) is 5.53. The molecule has 0 saturated carbocycles. The fourth-order valence-corrected chi connectivity index (χ4v) is 3.23. The molecule has 0 aliphatic carbocycles. The average molecular weight is 303 g/mol. The lowest BCUT2D eigenvalue weighted by molar-refractivity contribution is 0.0958. The molecule has 4 heteroatoms. The van der Waals surface area contributed by atoms with Gasteiger partial charge in [0, 0.05) is 11.4 Å². The molecule has 1 amide bonds. The van der Waals surface area contributed by atoms with Crippen molar-refractivity contribution in [3.8, 4) is 0 Å². The molecule has 0 aliphatic rings. The number of aryl methyl sites for hydroxylation is 2. The number of rotatable bonds is 6. The minimum atomic E-state index is 0.00905. The number of thiophene rings is 1. The first-order valence-electron chi connectivity index (χ1n) is 7.20. The van der Waals surface area contributed by atoms with Crippen molar-refractivity contribution in [2.45, 2.75) is 33.3 Å². The molecule has 1 heterocycles. The van der Waals surface area contributed by atoms with Crippen LogP contribution in [-0.4, -0.2) is 17.6 Å². The van der Waals surface area contributed by atoms with Gasteiger partial charge in [-0.3, -0.25) is 4.79 Å². The number of aliphatic hydroxyl groups is 1. The molecule has 0 aliphatic heterocycles. The minimum absolute atomic E-state index is 0.00905. The molecule has 2 aromatic rings. The van der Waals surface area contributed by atoms with Crippen LogP contribution in [0.3, 0.4) is 0 Å². The molecule has 0 unspecified atom stereocenters. The Bertz CT molecular complexity index is 602. The highest BCUT2D eigenvalue weighted by molar-refractivity contribution is 7.14. The van der Waals surface area contributed by atoms with E-state index < -0.39 is 0 Å². The third-order valence-corrected chi connectivity index (χ3v) is 4.62. The Balaban J connectivity index is 1.85. The van der Waals surface area contributed by atoms with Gasteiger partial charge in [0.25, 0.3) is 5.91 Å².